The number of nitrogens with one attached hydrogen (secondary N) is 3. The lowest BCUT2D eigenvalue weighted by atomic mass is 9.72. The van der Waals surface area contributed by atoms with Gasteiger partial charge in [0.25, 0.3) is 5.91 Å². The second-order valence-corrected chi connectivity index (χ2v) is 9.96. The lowest BCUT2D eigenvalue weighted by Gasteiger charge is -2.36. The summed E-state index contributed by atoms with van der Waals surface area (Å²) in [5, 5.41) is 7.39. The minimum absolute atomic E-state index is 0.111. The van der Waals surface area contributed by atoms with Crippen LogP contribution in [0.4, 0.5) is 15.9 Å². The largest absolute Gasteiger partial charge is 0.424 e. The molecule has 1 saturated heterocycles. The van der Waals surface area contributed by atoms with Crippen molar-refractivity contribution in [2.45, 2.75) is 18.9 Å². The highest BCUT2D eigenvalue weighted by molar-refractivity contribution is 6.14. The Kier molecular flexibility index (Phi) is 4.62. The molecule has 4 aromatic rings. The predicted molar refractivity (Wildman–Crippen MR) is 135 cm³/mol. The topological polar surface area (TPSA) is 121 Å². The summed E-state index contributed by atoms with van der Waals surface area (Å²) in [7, 11) is 1.76. The van der Waals surface area contributed by atoms with Crippen LogP contribution in [-0.2, 0) is 6.42 Å². The zero-order valence-electron chi connectivity index (χ0n) is 19.8. The van der Waals surface area contributed by atoms with Crippen LogP contribution in [0.3, 0.4) is 0 Å². The smallest absolute Gasteiger partial charge is 0.325 e. The number of aromatic nitrogens is 3. The standard InChI is InChI=1S/C26H26FN7O2/c1-29-20-8-14(27)7-17-21-23(31-22(17)20)32-26(33-24(21)34-10-13-6-19(28)18(13)11-34)36-15-3-2-12-4-5-30-25(35)16(12)9-15/h2-3,7-9,13,18-19,29H,4-6,10-11,28H2,1H3,(H,30,35)(H,31,32,33)/t13?,18?,19-/m1/s1. The number of hydrogen-bond donors (Lipinski definition) is 4. The fourth-order valence-electron chi connectivity index (χ4n) is 5.99. The summed E-state index contributed by atoms with van der Waals surface area (Å²) < 4.78 is 20.6. The maximum atomic E-state index is 14.5. The van der Waals surface area contributed by atoms with E-state index in [4.69, 9.17) is 15.5 Å². The molecule has 1 saturated carbocycles. The lowest BCUT2D eigenvalue weighted by molar-refractivity contribution is 0.0945. The molecule has 5 N–H and O–H groups in total. The number of hydrogen-bond acceptors (Lipinski definition) is 7. The number of aromatic amines is 1. The summed E-state index contributed by atoms with van der Waals surface area (Å²) in [5.41, 5.74) is 9.81. The Bertz CT molecular complexity index is 1550. The molecule has 2 fully saturated rings. The zero-order valence-corrected chi connectivity index (χ0v) is 19.8. The van der Waals surface area contributed by atoms with Crippen LogP contribution in [0.5, 0.6) is 11.8 Å². The summed E-state index contributed by atoms with van der Waals surface area (Å²) in [6.45, 7) is 2.26. The molecule has 3 aliphatic rings. The van der Waals surface area contributed by atoms with Gasteiger partial charge < -0.3 is 31.0 Å². The number of nitrogens with zero attached hydrogens (tertiary/aromatic N) is 3. The van der Waals surface area contributed by atoms with E-state index in [9.17, 15) is 9.18 Å². The van der Waals surface area contributed by atoms with Crippen molar-refractivity contribution in [1.82, 2.24) is 20.3 Å². The van der Waals surface area contributed by atoms with E-state index in [1.807, 2.05) is 12.1 Å². The van der Waals surface area contributed by atoms with E-state index in [1.165, 1.54) is 12.1 Å². The van der Waals surface area contributed by atoms with Crippen LogP contribution in [-0.4, -0.2) is 53.6 Å². The molecule has 2 aromatic heterocycles. The molecule has 2 aliphatic heterocycles. The molecular weight excluding hydrogens is 461 g/mol. The fourth-order valence-corrected chi connectivity index (χ4v) is 5.99. The molecule has 1 amide bonds. The van der Waals surface area contributed by atoms with Crippen molar-refractivity contribution in [2.24, 2.45) is 17.6 Å². The van der Waals surface area contributed by atoms with Gasteiger partial charge in [0.15, 0.2) is 0 Å². The summed E-state index contributed by atoms with van der Waals surface area (Å²) in [6, 6.07) is 8.80. The number of rotatable bonds is 4. The van der Waals surface area contributed by atoms with E-state index in [1.54, 1.807) is 13.1 Å². The SMILES string of the molecule is CNc1cc(F)cc2c1[nH]c1nc(Oc3ccc4c(c3)C(=O)NCC4)nc(N3CC4C[C@@H](N)C4C3)c12. The third kappa shape index (κ3) is 3.21. The van der Waals surface area contributed by atoms with Crippen molar-refractivity contribution < 1.29 is 13.9 Å². The average Bonchev–Trinajstić information content (AvgIpc) is 3.41. The molecule has 3 atom stereocenters. The Morgan fingerprint density at radius 2 is 2.11 bits per heavy atom. The Morgan fingerprint density at radius 1 is 1.22 bits per heavy atom. The van der Waals surface area contributed by atoms with Crippen molar-refractivity contribution >= 4 is 39.3 Å². The molecule has 184 valence electrons. The van der Waals surface area contributed by atoms with Crippen LogP contribution < -0.4 is 26.0 Å². The van der Waals surface area contributed by atoms with Gasteiger partial charge in [0, 0.05) is 43.7 Å². The number of fused-ring (bicyclic) bond motifs is 5. The summed E-state index contributed by atoms with van der Waals surface area (Å²) >= 11 is 0. The quantitative estimate of drug-likeness (QED) is 0.349. The van der Waals surface area contributed by atoms with Gasteiger partial charge in [-0.05, 0) is 54.5 Å². The van der Waals surface area contributed by atoms with E-state index in [0.717, 1.165) is 42.4 Å². The molecule has 4 heterocycles. The number of anilines is 2. The van der Waals surface area contributed by atoms with Crippen LogP contribution >= 0.6 is 0 Å². The molecule has 2 aromatic carbocycles. The van der Waals surface area contributed by atoms with Crippen molar-refractivity contribution in [2.75, 3.05) is 36.9 Å². The number of benzene rings is 2. The van der Waals surface area contributed by atoms with Gasteiger partial charge in [0.1, 0.15) is 23.0 Å². The maximum Gasteiger partial charge on any atom is 0.325 e. The van der Waals surface area contributed by atoms with Crippen LogP contribution in [0.2, 0.25) is 0 Å². The van der Waals surface area contributed by atoms with Crippen LogP contribution in [0.25, 0.3) is 21.9 Å². The lowest BCUT2D eigenvalue weighted by Crippen LogP contribution is -2.46. The Balaban J connectivity index is 1.36. The zero-order chi connectivity index (χ0) is 24.6. The van der Waals surface area contributed by atoms with Gasteiger partial charge in [-0.15, -0.1) is 0 Å². The van der Waals surface area contributed by atoms with Crippen molar-refractivity contribution in [1.29, 1.82) is 0 Å². The van der Waals surface area contributed by atoms with Crippen molar-refractivity contribution in [3.05, 3.63) is 47.3 Å². The number of nitrogens with two attached hydrogens (primary N) is 1. The molecule has 36 heavy (non-hydrogen) atoms. The van der Waals surface area contributed by atoms with Gasteiger partial charge in [0.2, 0.25) is 0 Å². The van der Waals surface area contributed by atoms with Gasteiger partial charge in [-0.2, -0.15) is 9.97 Å². The monoisotopic (exact) mass is 487 g/mol. The van der Waals surface area contributed by atoms with Gasteiger partial charge in [-0.25, -0.2) is 4.39 Å². The first-order valence-electron chi connectivity index (χ1n) is 12.3. The highest BCUT2D eigenvalue weighted by Crippen LogP contribution is 2.44. The molecule has 0 radical (unpaired) electrons. The molecule has 2 unspecified atom stereocenters. The van der Waals surface area contributed by atoms with Gasteiger partial charge >= 0.3 is 6.01 Å². The highest BCUT2D eigenvalue weighted by Gasteiger charge is 2.46. The molecule has 0 bridgehead atoms. The van der Waals surface area contributed by atoms with E-state index < -0.39 is 0 Å². The third-order valence-electron chi connectivity index (χ3n) is 7.89. The average molecular weight is 488 g/mol. The molecule has 1 aliphatic carbocycles. The molecule has 7 rings (SSSR count). The van der Waals surface area contributed by atoms with Crippen LogP contribution in [0.15, 0.2) is 30.3 Å². The third-order valence-corrected chi connectivity index (χ3v) is 7.89. The van der Waals surface area contributed by atoms with E-state index >= 15 is 0 Å². The van der Waals surface area contributed by atoms with E-state index in [0.29, 0.717) is 52.2 Å². The van der Waals surface area contributed by atoms with E-state index in [2.05, 4.69) is 25.5 Å². The number of ether oxygens (including phenoxy) is 1. The second kappa shape index (κ2) is 7.79. The number of halogens is 1. The first-order chi connectivity index (χ1) is 17.5. The fraction of sp³-hybridized carbons (Fsp3) is 0.346. The van der Waals surface area contributed by atoms with Gasteiger partial charge in [-0.3, -0.25) is 4.79 Å². The number of amides is 1. The molecule has 9 nitrogen and oxygen atoms in total. The minimum atomic E-state index is -0.338. The summed E-state index contributed by atoms with van der Waals surface area (Å²) in [4.78, 5) is 27.4. The first kappa shape index (κ1) is 21.4. The maximum absolute atomic E-state index is 14.5. The van der Waals surface area contributed by atoms with Crippen LogP contribution in [0, 0.1) is 17.7 Å². The van der Waals surface area contributed by atoms with Crippen molar-refractivity contribution in [3.8, 4) is 11.8 Å². The van der Waals surface area contributed by atoms with Gasteiger partial charge in [-0.1, -0.05) is 6.07 Å². The number of carbonyl (C=O) groups excluding carboxylic acids is 1. The van der Waals surface area contributed by atoms with Gasteiger partial charge in [0.05, 0.1) is 16.6 Å². The van der Waals surface area contributed by atoms with E-state index in [-0.39, 0.29) is 23.8 Å². The van der Waals surface area contributed by atoms with Crippen molar-refractivity contribution in [3.63, 3.8) is 0 Å². The number of carbonyl (C=O) groups is 1. The molecule has 10 heteroatoms. The summed E-state index contributed by atoms with van der Waals surface area (Å²) in [6.07, 6.45) is 1.79. The highest BCUT2D eigenvalue weighted by atomic mass is 19.1. The summed E-state index contributed by atoms with van der Waals surface area (Å²) in [5.74, 6) is 1.69. The Morgan fingerprint density at radius 3 is 2.92 bits per heavy atom. The number of H-pyrrole nitrogens is 1. The molecule has 0 spiro atoms. The Labute approximate surface area is 206 Å². The first-order valence-corrected chi connectivity index (χ1v) is 12.3. The minimum Gasteiger partial charge on any atom is -0.424 e. The Hall–Kier alpha value is -3.92. The van der Waals surface area contributed by atoms with Crippen LogP contribution in [0.1, 0.15) is 22.3 Å². The molecular formula is C26H26FN7O2. The second-order valence-electron chi connectivity index (χ2n) is 9.96. The normalized spacial score (nSPS) is 22.8. The predicted octanol–water partition coefficient (Wildman–Crippen LogP) is 3.15.